The van der Waals surface area contributed by atoms with Gasteiger partial charge in [-0.15, -0.1) is 10.2 Å². The summed E-state index contributed by atoms with van der Waals surface area (Å²) in [5.41, 5.74) is 3.11. The van der Waals surface area contributed by atoms with Gasteiger partial charge in [-0.25, -0.2) is 0 Å². The molecule has 1 heterocycles. The Labute approximate surface area is 185 Å². The number of carbonyl (C=O) groups is 1. The monoisotopic (exact) mass is 432 g/mol. The van der Waals surface area contributed by atoms with Crippen molar-refractivity contribution in [2.75, 3.05) is 11.1 Å². The molecule has 1 amide bonds. The number of ether oxygens (including phenoxy) is 1. The number of rotatable bonds is 7. The molecule has 0 bridgehead atoms. The van der Waals surface area contributed by atoms with Crippen molar-refractivity contribution < 1.29 is 9.53 Å². The van der Waals surface area contributed by atoms with Crippen LogP contribution in [-0.4, -0.2) is 26.4 Å². The number of hydrogen-bond acceptors (Lipinski definition) is 5. The Hall–Kier alpha value is -3.32. The standard InChI is InChI=1S/C24H24N4O2S/c1-16-8-6-13-21(17(16)2)30-14-22-26-27-24(28(22)3)31-15-23(29)25-20-12-7-10-18-9-4-5-11-19(18)20/h4-13H,14-15H2,1-3H3,(H,25,29). The predicted octanol–water partition coefficient (Wildman–Crippen LogP) is 4.89. The fourth-order valence-corrected chi connectivity index (χ4v) is 4.00. The van der Waals surface area contributed by atoms with Gasteiger partial charge in [-0.05, 0) is 42.5 Å². The van der Waals surface area contributed by atoms with E-state index in [1.54, 1.807) is 0 Å². The second kappa shape index (κ2) is 9.22. The van der Waals surface area contributed by atoms with Crippen LogP contribution in [0.3, 0.4) is 0 Å². The van der Waals surface area contributed by atoms with Crippen LogP contribution < -0.4 is 10.1 Å². The summed E-state index contributed by atoms with van der Waals surface area (Å²) in [6.45, 7) is 4.41. The second-order valence-corrected chi connectivity index (χ2v) is 8.25. The van der Waals surface area contributed by atoms with Crippen LogP contribution in [-0.2, 0) is 18.4 Å². The lowest BCUT2D eigenvalue weighted by atomic mass is 10.1. The van der Waals surface area contributed by atoms with Crippen LogP contribution in [0.4, 0.5) is 5.69 Å². The minimum atomic E-state index is -0.0856. The highest BCUT2D eigenvalue weighted by molar-refractivity contribution is 7.99. The topological polar surface area (TPSA) is 69.0 Å². The Morgan fingerprint density at radius 2 is 1.81 bits per heavy atom. The molecule has 4 rings (SSSR count). The Balaban J connectivity index is 1.36. The van der Waals surface area contributed by atoms with Gasteiger partial charge in [0.1, 0.15) is 12.4 Å². The van der Waals surface area contributed by atoms with Crippen molar-refractivity contribution in [3.8, 4) is 5.75 Å². The Morgan fingerprint density at radius 3 is 2.68 bits per heavy atom. The highest BCUT2D eigenvalue weighted by atomic mass is 32.2. The molecule has 31 heavy (non-hydrogen) atoms. The first-order chi connectivity index (χ1) is 15.0. The Bertz CT molecular complexity index is 1230. The summed E-state index contributed by atoms with van der Waals surface area (Å²) < 4.78 is 7.79. The van der Waals surface area contributed by atoms with Gasteiger partial charge in [-0.2, -0.15) is 0 Å². The molecular weight excluding hydrogens is 408 g/mol. The summed E-state index contributed by atoms with van der Waals surface area (Å²) in [4.78, 5) is 12.5. The van der Waals surface area contributed by atoms with Gasteiger partial charge >= 0.3 is 0 Å². The highest BCUT2D eigenvalue weighted by Gasteiger charge is 2.13. The van der Waals surface area contributed by atoms with Crippen LogP contribution in [0.2, 0.25) is 0 Å². The zero-order valence-electron chi connectivity index (χ0n) is 17.8. The maximum absolute atomic E-state index is 12.5. The van der Waals surface area contributed by atoms with Crippen molar-refractivity contribution in [3.05, 3.63) is 77.6 Å². The van der Waals surface area contributed by atoms with Crippen LogP contribution in [0.1, 0.15) is 17.0 Å². The maximum atomic E-state index is 12.5. The molecule has 0 saturated heterocycles. The number of benzene rings is 3. The van der Waals surface area contributed by atoms with Gasteiger partial charge in [0.2, 0.25) is 5.91 Å². The van der Waals surface area contributed by atoms with E-state index in [0.29, 0.717) is 17.6 Å². The molecule has 1 aromatic heterocycles. The number of fused-ring (bicyclic) bond motifs is 1. The van der Waals surface area contributed by atoms with Crippen molar-refractivity contribution in [1.29, 1.82) is 0 Å². The van der Waals surface area contributed by atoms with Gasteiger partial charge in [0.05, 0.1) is 5.75 Å². The number of carbonyl (C=O) groups excluding carboxylic acids is 1. The zero-order valence-corrected chi connectivity index (χ0v) is 18.6. The number of hydrogen-bond donors (Lipinski definition) is 1. The van der Waals surface area contributed by atoms with Crippen LogP contribution >= 0.6 is 11.8 Å². The van der Waals surface area contributed by atoms with Gasteiger partial charge in [0.15, 0.2) is 11.0 Å². The third-order valence-electron chi connectivity index (χ3n) is 5.23. The minimum absolute atomic E-state index is 0.0856. The van der Waals surface area contributed by atoms with E-state index < -0.39 is 0 Å². The lowest BCUT2D eigenvalue weighted by Crippen LogP contribution is -2.14. The molecule has 0 fully saturated rings. The molecule has 7 heteroatoms. The number of amides is 1. The summed E-state index contributed by atoms with van der Waals surface area (Å²) >= 11 is 1.35. The van der Waals surface area contributed by atoms with Crippen molar-refractivity contribution in [2.45, 2.75) is 25.6 Å². The molecule has 4 aromatic rings. The van der Waals surface area contributed by atoms with E-state index in [-0.39, 0.29) is 11.7 Å². The number of aryl methyl sites for hydroxylation is 1. The van der Waals surface area contributed by atoms with Crippen molar-refractivity contribution in [3.63, 3.8) is 0 Å². The lowest BCUT2D eigenvalue weighted by Gasteiger charge is -2.11. The average molecular weight is 433 g/mol. The van der Waals surface area contributed by atoms with E-state index in [9.17, 15) is 4.79 Å². The molecule has 0 aliphatic carbocycles. The lowest BCUT2D eigenvalue weighted by molar-refractivity contribution is -0.113. The van der Waals surface area contributed by atoms with Gasteiger partial charge in [-0.1, -0.05) is 60.3 Å². The zero-order chi connectivity index (χ0) is 21.8. The van der Waals surface area contributed by atoms with Crippen molar-refractivity contribution >= 4 is 34.1 Å². The van der Waals surface area contributed by atoms with Crippen molar-refractivity contribution in [2.24, 2.45) is 7.05 Å². The van der Waals surface area contributed by atoms with Crippen LogP contribution in [0.15, 0.2) is 65.8 Å². The van der Waals surface area contributed by atoms with Gasteiger partial charge in [-0.3, -0.25) is 4.79 Å². The van der Waals surface area contributed by atoms with Gasteiger partial charge in [0.25, 0.3) is 0 Å². The van der Waals surface area contributed by atoms with E-state index in [1.165, 1.54) is 17.3 Å². The Kier molecular flexibility index (Phi) is 6.23. The fourth-order valence-electron chi connectivity index (χ4n) is 3.27. The third kappa shape index (κ3) is 4.72. The molecule has 3 aromatic carbocycles. The number of aromatic nitrogens is 3. The number of nitrogens with zero attached hydrogens (tertiary/aromatic N) is 3. The molecule has 158 valence electrons. The predicted molar refractivity (Wildman–Crippen MR) is 125 cm³/mol. The van der Waals surface area contributed by atoms with Gasteiger partial charge < -0.3 is 14.6 Å². The van der Waals surface area contributed by atoms with Crippen LogP contribution in [0.25, 0.3) is 10.8 Å². The van der Waals surface area contributed by atoms with E-state index in [2.05, 4.69) is 28.5 Å². The molecule has 0 saturated carbocycles. The first-order valence-corrected chi connectivity index (χ1v) is 11.0. The Morgan fingerprint density at radius 1 is 1.03 bits per heavy atom. The number of nitrogens with one attached hydrogen (secondary N) is 1. The van der Waals surface area contributed by atoms with Crippen molar-refractivity contribution in [1.82, 2.24) is 14.8 Å². The summed E-state index contributed by atoms with van der Waals surface area (Å²) in [6, 6.07) is 19.9. The van der Waals surface area contributed by atoms with E-state index in [4.69, 9.17) is 4.74 Å². The fraction of sp³-hybridized carbons (Fsp3) is 0.208. The summed E-state index contributed by atoms with van der Waals surface area (Å²) in [6.07, 6.45) is 0. The minimum Gasteiger partial charge on any atom is -0.485 e. The normalized spacial score (nSPS) is 10.9. The van der Waals surface area contributed by atoms with E-state index in [0.717, 1.165) is 27.8 Å². The molecule has 0 aliphatic rings. The largest absolute Gasteiger partial charge is 0.485 e. The number of anilines is 1. The van der Waals surface area contributed by atoms with Gasteiger partial charge in [0, 0.05) is 18.1 Å². The quantitative estimate of drug-likeness (QED) is 0.421. The first-order valence-electron chi connectivity index (χ1n) is 10.0. The molecule has 6 nitrogen and oxygen atoms in total. The average Bonchev–Trinajstić information content (AvgIpc) is 3.13. The highest BCUT2D eigenvalue weighted by Crippen LogP contribution is 2.24. The summed E-state index contributed by atoms with van der Waals surface area (Å²) in [5, 5.41) is 14.2. The molecule has 0 aliphatic heterocycles. The summed E-state index contributed by atoms with van der Waals surface area (Å²) in [7, 11) is 1.88. The number of thioether (sulfide) groups is 1. The smallest absolute Gasteiger partial charge is 0.234 e. The third-order valence-corrected chi connectivity index (χ3v) is 6.25. The molecular formula is C24H24N4O2S. The molecule has 0 radical (unpaired) electrons. The van der Waals surface area contributed by atoms with E-state index >= 15 is 0 Å². The van der Waals surface area contributed by atoms with Crippen LogP contribution in [0.5, 0.6) is 5.75 Å². The maximum Gasteiger partial charge on any atom is 0.234 e. The van der Waals surface area contributed by atoms with E-state index in [1.807, 2.05) is 73.1 Å². The summed E-state index contributed by atoms with van der Waals surface area (Å²) in [5.74, 6) is 1.70. The molecule has 0 unspecified atom stereocenters. The molecule has 1 N–H and O–H groups in total. The molecule has 0 spiro atoms. The first kappa shape index (κ1) is 20.9. The molecule has 0 atom stereocenters. The second-order valence-electron chi connectivity index (χ2n) is 7.31. The van der Waals surface area contributed by atoms with Crippen LogP contribution in [0, 0.1) is 13.8 Å². The SMILES string of the molecule is Cc1cccc(OCc2nnc(SCC(=O)Nc3cccc4ccccc34)n2C)c1C.